The minimum Gasteiger partial charge on any atom is -0.278 e. The predicted molar refractivity (Wildman–Crippen MR) is 167 cm³/mol. The number of anilines is 3. The summed E-state index contributed by atoms with van der Waals surface area (Å²) in [6.07, 6.45) is 0. The summed E-state index contributed by atoms with van der Waals surface area (Å²) in [7, 11) is 0. The fourth-order valence-corrected chi connectivity index (χ4v) is 5.73. The topological polar surface area (TPSA) is 41.9 Å². The first kappa shape index (κ1) is 23.3. The summed E-state index contributed by atoms with van der Waals surface area (Å²) in [5.41, 5.74) is 8.71. The highest BCUT2D eigenvalue weighted by atomic mass is 15.3. The third kappa shape index (κ3) is 3.97. The lowest BCUT2D eigenvalue weighted by Gasteiger charge is -2.32. The third-order valence-electron chi connectivity index (χ3n) is 7.66. The van der Waals surface area contributed by atoms with E-state index in [2.05, 4.69) is 114 Å². The summed E-state index contributed by atoms with van der Waals surface area (Å²) in [6, 6.07) is 50.3. The molecule has 6 aromatic carbocycles. The highest BCUT2D eigenvalue weighted by molar-refractivity contribution is 6.13. The fraction of sp³-hybridized carbons (Fsp3) is 0. The summed E-state index contributed by atoms with van der Waals surface area (Å²) in [4.78, 5) is 17.4. The maximum atomic E-state index is 5.12. The predicted octanol–water partition coefficient (Wildman–Crippen LogP) is 9.48. The Labute approximate surface area is 238 Å². The first-order valence-electron chi connectivity index (χ1n) is 13.7. The number of benzene rings is 6. The highest BCUT2D eigenvalue weighted by Gasteiger charge is 2.28. The van der Waals surface area contributed by atoms with Crippen molar-refractivity contribution in [1.82, 2.24) is 15.0 Å². The van der Waals surface area contributed by atoms with Crippen LogP contribution in [0, 0.1) is 0 Å². The molecular formula is C37H24N4. The van der Waals surface area contributed by atoms with Gasteiger partial charge in [0.15, 0.2) is 11.6 Å². The second kappa shape index (κ2) is 9.54. The first-order chi connectivity index (χ1) is 20.3. The molecule has 0 amide bonds. The zero-order chi connectivity index (χ0) is 27.2. The van der Waals surface area contributed by atoms with Crippen molar-refractivity contribution in [2.24, 2.45) is 0 Å². The highest BCUT2D eigenvalue weighted by Crippen LogP contribution is 2.50. The van der Waals surface area contributed by atoms with Gasteiger partial charge in [-0.1, -0.05) is 133 Å². The van der Waals surface area contributed by atoms with Crippen molar-refractivity contribution in [1.29, 1.82) is 0 Å². The van der Waals surface area contributed by atoms with Gasteiger partial charge in [0.2, 0.25) is 5.95 Å². The standard InChI is InChI=1S/C37H24N4/c1-3-11-25(12-4-1)26-21-23-29(24-22-26)36-38-35(28-13-5-2-6-14-28)39-37(40-36)41-32-19-8-7-17-30(32)31-18-9-15-27-16-10-20-33(41)34(27)31/h1-24H. The van der Waals surface area contributed by atoms with Crippen molar-refractivity contribution in [2.75, 3.05) is 4.90 Å². The van der Waals surface area contributed by atoms with E-state index in [1.54, 1.807) is 0 Å². The zero-order valence-electron chi connectivity index (χ0n) is 22.1. The Morgan fingerprint density at radius 2 is 0.878 bits per heavy atom. The molecule has 8 rings (SSSR count). The van der Waals surface area contributed by atoms with E-state index in [-0.39, 0.29) is 0 Å². The summed E-state index contributed by atoms with van der Waals surface area (Å²) < 4.78 is 0. The van der Waals surface area contributed by atoms with Gasteiger partial charge >= 0.3 is 0 Å². The molecule has 0 spiro atoms. The molecule has 1 aromatic heterocycles. The molecule has 7 aromatic rings. The lowest BCUT2D eigenvalue weighted by atomic mass is 9.91. The molecule has 0 saturated carbocycles. The molecule has 2 heterocycles. The lowest BCUT2D eigenvalue weighted by Crippen LogP contribution is -2.18. The van der Waals surface area contributed by atoms with Crippen LogP contribution in [0.3, 0.4) is 0 Å². The molecule has 0 unspecified atom stereocenters. The SMILES string of the molecule is c1ccc(-c2ccc(-c3nc(-c4ccccc4)nc(N4c5ccccc5-c5cccc6cccc4c56)n3)cc2)cc1. The van der Waals surface area contributed by atoms with Gasteiger partial charge in [-0.2, -0.15) is 9.97 Å². The number of aromatic nitrogens is 3. The largest absolute Gasteiger partial charge is 0.278 e. The Kier molecular flexibility index (Phi) is 5.42. The van der Waals surface area contributed by atoms with Crippen molar-refractivity contribution in [3.8, 4) is 45.0 Å². The number of fused-ring (bicyclic) bond motifs is 2. The molecule has 0 N–H and O–H groups in total. The third-order valence-corrected chi connectivity index (χ3v) is 7.66. The molecule has 0 atom stereocenters. The van der Waals surface area contributed by atoms with Gasteiger partial charge in [-0.15, -0.1) is 0 Å². The van der Waals surface area contributed by atoms with E-state index in [9.17, 15) is 0 Å². The van der Waals surface area contributed by atoms with Crippen LogP contribution >= 0.6 is 0 Å². The molecule has 41 heavy (non-hydrogen) atoms. The van der Waals surface area contributed by atoms with Crippen LogP contribution in [-0.4, -0.2) is 15.0 Å². The van der Waals surface area contributed by atoms with Crippen LogP contribution in [0.5, 0.6) is 0 Å². The molecular weight excluding hydrogens is 500 g/mol. The van der Waals surface area contributed by atoms with Crippen LogP contribution in [0.15, 0.2) is 146 Å². The minimum absolute atomic E-state index is 0.593. The zero-order valence-corrected chi connectivity index (χ0v) is 22.1. The van der Waals surface area contributed by atoms with Gasteiger partial charge in [0.1, 0.15) is 0 Å². The van der Waals surface area contributed by atoms with Gasteiger partial charge in [-0.25, -0.2) is 4.98 Å². The van der Waals surface area contributed by atoms with Gasteiger partial charge in [0, 0.05) is 22.1 Å². The molecule has 192 valence electrons. The minimum atomic E-state index is 0.593. The molecule has 1 aliphatic heterocycles. The van der Waals surface area contributed by atoms with Crippen molar-refractivity contribution in [3.63, 3.8) is 0 Å². The second-order valence-electron chi connectivity index (χ2n) is 10.1. The van der Waals surface area contributed by atoms with E-state index in [0.717, 1.165) is 33.6 Å². The van der Waals surface area contributed by atoms with Gasteiger partial charge in [-0.3, -0.25) is 4.90 Å². The Morgan fingerprint density at radius 1 is 0.366 bits per heavy atom. The van der Waals surface area contributed by atoms with E-state index in [4.69, 9.17) is 15.0 Å². The van der Waals surface area contributed by atoms with Crippen molar-refractivity contribution < 1.29 is 0 Å². The normalized spacial score (nSPS) is 11.9. The molecule has 4 heteroatoms. The second-order valence-corrected chi connectivity index (χ2v) is 10.1. The lowest BCUT2D eigenvalue weighted by molar-refractivity contribution is 1.02. The molecule has 0 bridgehead atoms. The number of rotatable bonds is 4. The monoisotopic (exact) mass is 524 g/mol. The van der Waals surface area contributed by atoms with E-state index in [1.165, 1.54) is 21.9 Å². The van der Waals surface area contributed by atoms with E-state index in [1.807, 2.05) is 36.4 Å². The Hall–Kier alpha value is -5.61. The Bertz CT molecular complexity index is 2030. The summed E-state index contributed by atoms with van der Waals surface area (Å²) in [5.74, 6) is 1.87. The quantitative estimate of drug-likeness (QED) is 0.230. The van der Waals surface area contributed by atoms with Crippen LogP contribution in [0.25, 0.3) is 55.8 Å². The van der Waals surface area contributed by atoms with E-state index < -0.39 is 0 Å². The van der Waals surface area contributed by atoms with Crippen molar-refractivity contribution in [3.05, 3.63) is 146 Å². The van der Waals surface area contributed by atoms with Crippen molar-refractivity contribution in [2.45, 2.75) is 0 Å². The van der Waals surface area contributed by atoms with Crippen LogP contribution in [0.1, 0.15) is 0 Å². The number of para-hydroxylation sites is 1. The van der Waals surface area contributed by atoms with E-state index in [0.29, 0.717) is 17.6 Å². The molecule has 1 aliphatic rings. The summed E-state index contributed by atoms with van der Waals surface area (Å²) >= 11 is 0. The molecule has 0 fully saturated rings. The van der Waals surface area contributed by atoms with Gasteiger partial charge in [0.25, 0.3) is 0 Å². The van der Waals surface area contributed by atoms with E-state index >= 15 is 0 Å². The number of hydrogen-bond donors (Lipinski definition) is 0. The first-order valence-corrected chi connectivity index (χ1v) is 13.7. The van der Waals surface area contributed by atoms with Crippen LogP contribution in [0.2, 0.25) is 0 Å². The average Bonchev–Trinajstić information content (AvgIpc) is 3.06. The van der Waals surface area contributed by atoms with Crippen LogP contribution < -0.4 is 4.90 Å². The number of hydrogen-bond acceptors (Lipinski definition) is 4. The van der Waals surface area contributed by atoms with Crippen molar-refractivity contribution >= 4 is 28.1 Å². The Balaban J connectivity index is 1.35. The van der Waals surface area contributed by atoms with Gasteiger partial charge < -0.3 is 0 Å². The molecule has 0 radical (unpaired) electrons. The molecule has 0 aliphatic carbocycles. The number of nitrogens with zero attached hydrogens (tertiary/aromatic N) is 4. The van der Waals surface area contributed by atoms with Gasteiger partial charge in [0.05, 0.1) is 11.4 Å². The maximum Gasteiger partial charge on any atom is 0.238 e. The molecule has 0 saturated heterocycles. The van der Waals surface area contributed by atoms with Gasteiger partial charge in [-0.05, 0) is 34.2 Å². The van der Waals surface area contributed by atoms with Crippen LogP contribution in [-0.2, 0) is 0 Å². The fourth-order valence-electron chi connectivity index (χ4n) is 5.73. The molecule has 4 nitrogen and oxygen atoms in total. The summed E-state index contributed by atoms with van der Waals surface area (Å²) in [6.45, 7) is 0. The smallest absolute Gasteiger partial charge is 0.238 e. The summed E-state index contributed by atoms with van der Waals surface area (Å²) in [5, 5.41) is 2.39. The van der Waals surface area contributed by atoms with Crippen LogP contribution in [0.4, 0.5) is 17.3 Å². The maximum absolute atomic E-state index is 5.12. The average molecular weight is 525 g/mol. The Morgan fingerprint density at radius 3 is 1.61 bits per heavy atom.